The van der Waals surface area contributed by atoms with Crippen LogP contribution in [0.15, 0.2) is 60.9 Å². The first kappa shape index (κ1) is 15.0. The van der Waals surface area contributed by atoms with Gasteiger partial charge in [-0.05, 0) is 36.8 Å². The molecular formula is C18H16FN3O. The fraction of sp³-hybridized carbons (Fsp3) is 0.111. The molecule has 116 valence electrons. The van der Waals surface area contributed by atoms with Gasteiger partial charge in [0.05, 0.1) is 5.56 Å². The Morgan fingerprint density at radius 2 is 1.91 bits per heavy atom. The average molecular weight is 309 g/mol. The maximum absolute atomic E-state index is 13.5. The van der Waals surface area contributed by atoms with Crippen molar-refractivity contribution in [3.63, 3.8) is 0 Å². The molecule has 1 heterocycles. The van der Waals surface area contributed by atoms with E-state index in [-0.39, 0.29) is 5.56 Å². The number of benzene rings is 2. The van der Waals surface area contributed by atoms with Crippen LogP contribution in [-0.4, -0.2) is 15.5 Å². The van der Waals surface area contributed by atoms with Crippen molar-refractivity contribution in [3.8, 4) is 5.69 Å². The Morgan fingerprint density at radius 3 is 2.57 bits per heavy atom. The van der Waals surface area contributed by atoms with E-state index in [1.807, 2.05) is 42.0 Å². The SMILES string of the molecule is Cc1nccn1-c1ccc(CNC(=O)c2ccccc2F)cc1. The van der Waals surface area contributed by atoms with Gasteiger partial charge in [0.25, 0.3) is 5.91 Å². The minimum atomic E-state index is -0.518. The second-order valence-electron chi connectivity index (χ2n) is 5.17. The van der Waals surface area contributed by atoms with Gasteiger partial charge >= 0.3 is 0 Å². The van der Waals surface area contributed by atoms with Gasteiger partial charge in [0, 0.05) is 24.6 Å². The van der Waals surface area contributed by atoms with Crippen molar-refractivity contribution in [2.45, 2.75) is 13.5 Å². The van der Waals surface area contributed by atoms with Crippen molar-refractivity contribution in [1.82, 2.24) is 14.9 Å². The number of hydrogen-bond donors (Lipinski definition) is 1. The summed E-state index contributed by atoms with van der Waals surface area (Å²) in [4.78, 5) is 16.2. The Labute approximate surface area is 133 Å². The molecule has 5 heteroatoms. The first-order valence-electron chi connectivity index (χ1n) is 7.27. The summed E-state index contributed by atoms with van der Waals surface area (Å²) in [5.74, 6) is -0.0285. The topological polar surface area (TPSA) is 46.9 Å². The molecule has 0 unspecified atom stereocenters. The van der Waals surface area contributed by atoms with Crippen LogP contribution in [0.5, 0.6) is 0 Å². The molecular weight excluding hydrogens is 293 g/mol. The molecule has 0 atom stereocenters. The number of rotatable bonds is 4. The predicted octanol–water partition coefficient (Wildman–Crippen LogP) is 3.25. The summed E-state index contributed by atoms with van der Waals surface area (Å²) < 4.78 is 15.5. The molecule has 2 aromatic carbocycles. The van der Waals surface area contributed by atoms with Crippen LogP contribution < -0.4 is 5.32 Å². The molecule has 0 saturated heterocycles. The highest BCUT2D eigenvalue weighted by molar-refractivity contribution is 5.94. The Hall–Kier alpha value is -2.95. The van der Waals surface area contributed by atoms with Gasteiger partial charge in [0.2, 0.25) is 0 Å². The molecule has 4 nitrogen and oxygen atoms in total. The monoisotopic (exact) mass is 309 g/mol. The third-order valence-electron chi connectivity index (χ3n) is 3.61. The molecule has 0 bridgehead atoms. The number of aryl methyl sites for hydroxylation is 1. The van der Waals surface area contributed by atoms with Crippen molar-refractivity contribution in [3.05, 3.63) is 83.7 Å². The molecule has 0 fully saturated rings. The van der Waals surface area contributed by atoms with E-state index >= 15 is 0 Å². The van der Waals surface area contributed by atoms with Gasteiger partial charge in [-0.3, -0.25) is 4.79 Å². The zero-order valence-corrected chi connectivity index (χ0v) is 12.7. The van der Waals surface area contributed by atoms with Crippen LogP contribution in [-0.2, 0) is 6.54 Å². The summed E-state index contributed by atoms with van der Waals surface area (Å²) in [5.41, 5.74) is 2.00. The van der Waals surface area contributed by atoms with Crippen LogP contribution in [0.2, 0.25) is 0 Å². The number of carbonyl (C=O) groups excluding carboxylic acids is 1. The normalized spacial score (nSPS) is 10.5. The van der Waals surface area contributed by atoms with Gasteiger partial charge in [-0.25, -0.2) is 9.37 Å². The summed E-state index contributed by atoms with van der Waals surface area (Å²) >= 11 is 0. The van der Waals surface area contributed by atoms with Gasteiger partial charge in [-0.1, -0.05) is 24.3 Å². The predicted molar refractivity (Wildman–Crippen MR) is 85.9 cm³/mol. The number of nitrogens with zero attached hydrogens (tertiary/aromatic N) is 2. The van der Waals surface area contributed by atoms with E-state index in [9.17, 15) is 9.18 Å². The van der Waals surface area contributed by atoms with Crippen molar-refractivity contribution >= 4 is 5.91 Å². The third-order valence-corrected chi connectivity index (χ3v) is 3.61. The summed E-state index contributed by atoms with van der Waals surface area (Å²) in [6.07, 6.45) is 3.64. The minimum absolute atomic E-state index is 0.0539. The van der Waals surface area contributed by atoms with Crippen molar-refractivity contribution in [1.29, 1.82) is 0 Å². The maximum atomic E-state index is 13.5. The first-order valence-corrected chi connectivity index (χ1v) is 7.27. The lowest BCUT2D eigenvalue weighted by molar-refractivity contribution is 0.0947. The van der Waals surface area contributed by atoms with Crippen LogP contribution in [0.4, 0.5) is 4.39 Å². The van der Waals surface area contributed by atoms with Crippen molar-refractivity contribution in [2.24, 2.45) is 0 Å². The maximum Gasteiger partial charge on any atom is 0.254 e. The van der Waals surface area contributed by atoms with Crippen LogP contribution in [0, 0.1) is 12.7 Å². The second-order valence-corrected chi connectivity index (χ2v) is 5.17. The largest absolute Gasteiger partial charge is 0.348 e. The lowest BCUT2D eigenvalue weighted by atomic mass is 10.1. The Kier molecular flexibility index (Phi) is 4.19. The molecule has 1 aromatic heterocycles. The van der Waals surface area contributed by atoms with Gasteiger partial charge in [0.1, 0.15) is 11.6 Å². The number of aromatic nitrogens is 2. The summed E-state index contributed by atoms with van der Waals surface area (Å²) in [7, 11) is 0. The van der Waals surface area contributed by atoms with E-state index in [1.54, 1.807) is 18.3 Å². The highest BCUT2D eigenvalue weighted by atomic mass is 19.1. The highest BCUT2D eigenvalue weighted by Gasteiger charge is 2.10. The lowest BCUT2D eigenvalue weighted by Crippen LogP contribution is -2.23. The van der Waals surface area contributed by atoms with Crippen LogP contribution in [0.3, 0.4) is 0 Å². The smallest absolute Gasteiger partial charge is 0.254 e. The lowest BCUT2D eigenvalue weighted by Gasteiger charge is -2.08. The standard InChI is InChI=1S/C18H16FN3O/c1-13-20-10-11-22(13)15-8-6-14(7-9-15)12-21-18(23)16-4-2-3-5-17(16)19/h2-11H,12H2,1H3,(H,21,23). The molecule has 0 aliphatic carbocycles. The molecule has 0 radical (unpaired) electrons. The zero-order valence-electron chi connectivity index (χ0n) is 12.7. The molecule has 3 rings (SSSR count). The Balaban J connectivity index is 1.66. The average Bonchev–Trinajstić information content (AvgIpc) is 2.99. The Morgan fingerprint density at radius 1 is 1.17 bits per heavy atom. The minimum Gasteiger partial charge on any atom is -0.348 e. The molecule has 0 saturated carbocycles. The summed E-state index contributed by atoms with van der Waals surface area (Å²) in [5, 5.41) is 2.72. The molecule has 0 spiro atoms. The molecule has 0 aliphatic rings. The second kappa shape index (κ2) is 6.44. The van der Waals surface area contributed by atoms with Crippen molar-refractivity contribution in [2.75, 3.05) is 0 Å². The van der Waals surface area contributed by atoms with Gasteiger partial charge in [0.15, 0.2) is 0 Å². The van der Waals surface area contributed by atoms with Crippen LogP contribution >= 0.6 is 0 Å². The van der Waals surface area contributed by atoms with Crippen LogP contribution in [0.25, 0.3) is 5.69 Å². The van der Waals surface area contributed by atoms with Gasteiger partial charge in [-0.15, -0.1) is 0 Å². The van der Waals surface area contributed by atoms with Crippen LogP contribution in [0.1, 0.15) is 21.7 Å². The summed E-state index contributed by atoms with van der Waals surface area (Å²) in [6, 6.07) is 13.7. The highest BCUT2D eigenvalue weighted by Crippen LogP contribution is 2.12. The van der Waals surface area contributed by atoms with Gasteiger partial charge in [-0.2, -0.15) is 0 Å². The molecule has 3 aromatic rings. The Bertz CT molecular complexity index is 824. The van der Waals surface area contributed by atoms with E-state index in [2.05, 4.69) is 10.3 Å². The number of nitrogens with one attached hydrogen (secondary N) is 1. The van der Waals surface area contributed by atoms with Gasteiger partial charge < -0.3 is 9.88 Å². The number of amides is 1. The number of halogens is 1. The van der Waals surface area contributed by atoms with E-state index in [0.717, 1.165) is 17.1 Å². The quantitative estimate of drug-likeness (QED) is 0.804. The van der Waals surface area contributed by atoms with E-state index in [1.165, 1.54) is 12.1 Å². The fourth-order valence-electron chi connectivity index (χ4n) is 2.35. The van der Waals surface area contributed by atoms with E-state index in [4.69, 9.17) is 0 Å². The van der Waals surface area contributed by atoms with E-state index < -0.39 is 11.7 Å². The fourth-order valence-corrected chi connectivity index (χ4v) is 2.35. The molecule has 0 aliphatic heterocycles. The number of imidazole rings is 1. The molecule has 23 heavy (non-hydrogen) atoms. The third kappa shape index (κ3) is 3.29. The first-order chi connectivity index (χ1) is 11.1. The van der Waals surface area contributed by atoms with E-state index in [0.29, 0.717) is 6.54 Å². The van der Waals surface area contributed by atoms with Crippen molar-refractivity contribution < 1.29 is 9.18 Å². The molecule has 1 amide bonds. The number of hydrogen-bond acceptors (Lipinski definition) is 2. The number of carbonyl (C=O) groups is 1. The molecule has 1 N–H and O–H groups in total. The summed E-state index contributed by atoms with van der Waals surface area (Å²) in [6.45, 7) is 2.28. The zero-order chi connectivity index (χ0) is 16.2.